The Labute approximate surface area is 204 Å². The molecule has 2 aliphatic heterocycles. The Morgan fingerprint density at radius 3 is 2.66 bits per heavy atom. The summed E-state index contributed by atoms with van der Waals surface area (Å²) in [4.78, 5) is 14.7. The highest BCUT2D eigenvalue weighted by Crippen LogP contribution is 2.51. The molecule has 10 heteroatoms. The minimum absolute atomic E-state index is 0.322. The van der Waals surface area contributed by atoms with Crippen LogP contribution in [-0.4, -0.2) is 52.3 Å². The molecular weight excluding hydrogens is 463 g/mol. The SMILES string of the molecule is COc1cc(P2(=O)C=CN(C3COC3)C=C2)ccc1Nc1nc(NC2CCCC2)c2cc[nH]c2n1. The summed E-state index contributed by atoms with van der Waals surface area (Å²) < 4.78 is 24.5. The van der Waals surface area contributed by atoms with Crippen molar-refractivity contribution in [3.8, 4) is 5.75 Å². The molecule has 3 N–H and O–H groups in total. The summed E-state index contributed by atoms with van der Waals surface area (Å²) in [6, 6.07) is 8.31. The van der Waals surface area contributed by atoms with Gasteiger partial charge in [0.15, 0.2) is 7.14 Å². The fourth-order valence-electron chi connectivity index (χ4n) is 4.75. The molecule has 0 bridgehead atoms. The number of aromatic nitrogens is 3. The zero-order chi connectivity index (χ0) is 23.8. The maximum atomic E-state index is 13.6. The van der Waals surface area contributed by atoms with Crippen molar-refractivity contribution in [2.75, 3.05) is 31.0 Å². The lowest BCUT2D eigenvalue weighted by atomic mass is 10.2. The molecule has 0 atom stereocenters. The molecule has 1 saturated carbocycles. The van der Waals surface area contributed by atoms with E-state index in [1.54, 1.807) is 18.7 Å². The van der Waals surface area contributed by atoms with Gasteiger partial charge >= 0.3 is 0 Å². The van der Waals surface area contributed by atoms with Crippen LogP contribution in [0.5, 0.6) is 5.75 Å². The van der Waals surface area contributed by atoms with E-state index in [-0.39, 0.29) is 0 Å². The van der Waals surface area contributed by atoms with Crippen LogP contribution in [0.15, 0.2) is 54.5 Å². The van der Waals surface area contributed by atoms with E-state index in [0.717, 1.165) is 29.7 Å². The molecule has 1 aromatic carbocycles. The molecule has 0 amide bonds. The second-order valence-corrected chi connectivity index (χ2v) is 11.7. The molecule has 9 nitrogen and oxygen atoms in total. The summed E-state index contributed by atoms with van der Waals surface area (Å²) in [7, 11) is -1.21. The number of hydrogen-bond acceptors (Lipinski definition) is 8. The minimum Gasteiger partial charge on any atom is -0.495 e. The molecule has 3 aromatic rings. The van der Waals surface area contributed by atoms with Crippen LogP contribution in [0.1, 0.15) is 25.7 Å². The van der Waals surface area contributed by atoms with Crippen LogP contribution in [0, 0.1) is 0 Å². The number of aromatic amines is 1. The van der Waals surface area contributed by atoms with Crippen LogP contribution in [0.3, 0.4) is 0 Å². The zero-order valence-electron chi connectivity index (χ0n) is 19.6. The van der Waals surface area contributed by atoms with E-state index in [1.165, 1.54) is 12.8 Å². The predicted octanol–water partition coefficient (Wildman–Crippen LogP) is 4.71. The summed E-state index contributed by atoms with van der Waals surface area (Å²) in [5.74, 6) is 5.45. The molecule has 182 valence electrons. The third kappa shape index (κ3) is 4.30. The Morgan fingerprint density at radius 1 is 1.14 bits per heavy atom. The second kappa shape index (κ2) is 9.06. The smallest absolute Gasteiger partial charge is 0.231 e. The van der Waals surface area contributed by atoms with Gasteiger partial charge in [0.2, 0.25) is 5.95 Å². The summed E-state index contributed by atoms with van der Waals surface area (Å²) in [6.07, 6.45) is 10.5. The van der Waals surface area contributed by atoms with Gasteiger partial charge in [-0.3, -0.25) is 0 Å². The number of hydrogen-bond donors (Lipinski definition) is 3. The number of nitrogens with zero attached hydrogens (tertiary/aromatic N) is 3. The number of anilines is 3. The van der Waals surface area contributed by atoms with Gasteiger partial charge in [0.25, 0.3) is 0 Å². The predicted molar refractivity (Wildman–Crippen MR) is 138 cm³/mol. The molecule has 2 aromatic heterocycles. The molecule has 3 aliphatic rings. The summed E-state index contributed by atoms with van der Waals surface area (Å²) in [5, 5.41) is 8.57. The number of H-pyrrole nitrogens is 1. The third-order valence-electron chi connectivity index (χ3n) is 6.91. The van der Waals surface area contributed by atoms with Crippen molar-refractivity contribution < 1.29 is 14.0 Å². The lowest BCUT2D eigenvalue weighted by Crippen LogP contribution is -2.44. The highest BCUT2D eigenvalue weighted by Gasteiger charge is 2.28. The maximum absolute atomic E-state index is 13.6. The molecule has 0 spiro atoms. The lowest BCUT2D eigenvalue weighted by Gasteiger charge is -2.36. The first kappa shape index (κ1) is 22.2. The van der Waals surface area contributed by atoms with Gasteiger partial charge in [0.05, 0.1) is 37.4 Å². The van der Waals surface area contributed by atoms with Crippen molar-refractivity contribution in [3.63, 3.8) is 0 Å². The fraction of sp³-hybridized carbons (Fsp3) is 0.360. The van der Waals surface area contributed by atoms with Gasteiger partial charge in [0, 0.05) is 29.9 Å². The molecule has 1 saturated heterocycles. The molecule has 0 radical (unpaired) electrons. The van der Waals surface area contributed by atoms with Crippen LogP contribution in [-0.2, 0) is 9.30 Å². The fourth-order valence-corrected chi connectivity index (χ4v) is 6.53. The van der Waals surface area contributed by atoms with Gasteiger partial charge in [-0.25, -0.2) is 0 Å². The third-order valence-corrected chi connectivity index (χ3v) is 9.15. The van der Waals surface area contributed by atoms with Crippen molar-refractivity contribution in [3.05, 3.63) is 54.5 Å². The van der Waals surface area contributed by atoms with Gasteiger partial charge in [-0.05, 0) is 48.7 Å². The first-order chi connectivity index (χ1) is 17.1. The van der Waals surface area contributed by atoms with Crippen LogP contribution >= 0.6 is 7.14 Å². The average molecular weight is 493 g/mol. The summed E-state index contributed by atoms with van der Waals surface area (Å²) in [6.45, 7) is 1.39. The molecule has 4 heterocycles. The van der Waals surface area contributed by atoms with Gasteiger partial charge in [-0.1, -0.05) is 12.8 Å². The van der Waals surface area contributed by atoms with Gasteiger partial charge in [-0.15, -0.1) is 0 Å². The lowest BCUT2D eigenvalue weighted by molar-refractivity contribution is -0.0352. The van der Waals surface area contributed by atoms with E-state index in [9.17, 15) is 4.57 Å². The van der Waals surface area contributed by atoms with E-state index < -0.39 is 7.14 Å². The summed E-state index contributed by atoms with van der Waals surface area (Å²) >= 11 is 0. The molecule has 35 heavy (non-hydrogen) atoms. The van der Waals surface area contributed by atoms with Crippen molar-refractivity contribution >= 4 is 40.9 Å². The molecule has 1 aliphatic carbocycles. The monoisotopic (exact) mass is 492 g/mol. The van der Waals surface area contributed by atoms with Crippen LogP contribution in [0.25, 0.3) is 11.0 Å². The maximum Gasteiger partial charge on any atom is 0.231 e. The van der Waals surface area contributed by atoms with Crippen molar-refractivity contribution in [2.45, 2.75) is 37.8 Å². The normalized spacial score (nSPS) is 19.7. The second-order valence-electron chi connectivity index (χ2n) is 9.22. The van der Waals surface area contributed by atoms with Crippen molar-refractivity contribution in [1.82, 2.24) is 19.9 Å². The van der Waals surface area contributed by atoms with Crippen LogP contribution < -0.4 is 20.7 Å². The Balaban J connectivity index is 1.26. The number of rotatable bonds is 7. The highest BCUT2D eigenvalue weighted by atomic mass is 31.2. The van der Waals surface area contributed by atoms with E-state index in [0.29, 0.717) is 48.0 Å². The Bertz CT molecular complexity index is 1320. The molecule has 0 unspecified atom stereocenters. The topological polar surface area (TPSA) is 104 Å². The van der Waals surface area contributed by atoms with Gasteiger partial charge < -0.3 is 34.6 Å². The highest BCUT2D eigenvalue weighted by molar-refractivity contribution is 7.77. The quantitative estimate of drug-likeness (QED) is 0.408. The number of ether oxygens (including phenoxy) is 2. The molecular formula is C25H29N6O3P. The number of fused-ring (bicyclic) bond motifs is 1. The van der Waals surface area contributed by atoms with Gasteiger partial charge in [0.1, 0.15) is 17.2 Å². The number of nitrogens with one attached hydrogen (secondary N) is 3. The number of methoxy groups -OCH3 is 1. The Hall–Kier alpha value is -3.29. The van der Waals surface area contributed by atoms with Crippen LogP contribution in [0.2, 0.25) is 0 Å². The molecule has 6 rings (SSSR count). The van der Waals surface area contributed by atoms with Crippen molar-refractivity contribution in [2.24, 2.45) is 0 Å². The Kier molecular flexibility index (Phi) is 5.74. The van der Waals surface area contributed by atoms with Gasteiger partial charge in [-0.2, -0.15) is 9.97 Å². The van der Waals surface area contributed by atoms with E-state index in [4.69, 9.17) is 14.5 Å². The minimum atomic E-state index is -2.82. The van der Waals surface area contributed by atoms with Crippen molar-refractivity contribution in [1.29, 1.82) is 0 Å². The first-order valence-corrected chi connectivity index (χ1v) is 13.9. The van der Waals surface area contributed by atoms with E-state index >= 15 is 0 Å². The first-order valence-electron chi connectivity index (χ1n) is 12.0. The Morgan fingerprint density at radius 2 is 1.94 bits per heavy atom. The van der Waals surface area contributed by atoms with E-state index in [1.807, 2.05) is 42.9 Å². The zero-order valence-corrected chi connectivity index (χ0v) is 20.5. The standard InChI is InChI=1S/C25H29N6O3P/c1-33-22-14-19(35(32)12-10-31(11-13-35)18-15-34-16-18)6-7-21(22)28-25-29-23-20(8-9-26-23)24(30-25)27-17-4-2-3-5-17/h6-14,17-18H,2-5,15-16H2,1H3,(H3,26,27,28,29,30). The van der Waals surface area contributed by atoms with Crippen LogP contribution in [0.4, 0.5) is 17.5 Å². The summed E-state index contributed by atoms with van der Waals surface area (Å²) in [5.41, 5.74) is 1.47. The average Bonchev–Trinajstić information content (AvgIpc) is 3.52. The largest absolute Gasteiger partial charge is 0.495 e. The van der Waals surface area contributed by atoms with E-state index in [2.05, 4.69) is 25.5 Å². The molecule has 2 fully saturated rings. The number of benzene rings is 1.